The van der Waals surface area contributed by atoms with Crippen LogP contribution in [0.5, 0.6) is 0 Å². The molecule has 0 heterocycles. The Morgan fingerprint density at radius 3 is 2.50 bits per heavy atom. The van der Waals surface area contributed by atoms with Crippen LogP contribution in [-0.2, 0) is 14.2 Å². The minimum Gasteiger partial charge on any atom is -0.385 e. The minimum absolute atomic E-state index is 0.0474. The van der Waals surface area contributed by atoms with E-state index in [0.717, 1.165) is 18.6 Å². The highest BCUT2D eigenvalue weighted by atomic mass is 16.5. The van der Waals surface area contributed by atoms with E-state index in [4.69, 9.17) is 19.9 Å². The zero-order valence-electron chi connectivity index (χ0n) is 11.0. The lowest BCUT2D eigenvalue weighted by atomic mass is 10.1. The highest BCUT2D eigenvalue weighted by molar-refractivity contribution is 5.17. The lowest BCUT2D eigenvalue weighted by molar-refractivity contribution is 0.00389. The molecule has 0 aromatic heterocycles. The molecule has 1 atom stereocenters. The van der Waals surface area contributed by atoms with Crippen LogP contribution < -0.4 is 5.73 Å². The van der Waals surface area contributed by atoms with Crippen molar-refractivity contribution in [3.05, 3.63) is 35.9 Å². The monoisotopic (exact) mass is 253 g/mol. The van der Waals surface area contributed by atoms with Crippen molar-refractivity contribution in [1.82, 2.24) is 0 Å². The SMILES string of the molecule is COCCCOCCOC(CN)c1ccccc1. The quantitative estimate of drug-likeness (QED) is 0.646. The first-order chi connectivity index (χ1) is 8.88. The fourth-order valence-electron chi connectivity index (χ4n) is 1.62. The number of hydrogen-bond acceptors (Lipinski definition) is 4. The summed E-state index contributed by atoms with van der Waals surface area (Å²) in [5.74, 6) is 0. The Bertz CT molecular complexity index is 292. The van der Waals surface area contributed by atoms with Crippen LogP contribution in [0.2, 0.25) is 0 Å². The normalized spacial score (nSPS) is 12.6. The summed E-state index contributed by atoms with van der Waals surface area (Å²) < 4.78 is 16.1. The molecule has 0 amide bonds. The average Bonchev–Trinajstić information content (AvgIpc) is 2.43. The van der Waals surface area contributed by atoms with Gasteiger partial charge in [0, 0.05) is 26.9 Å². The Morgan fingerprint density at radius 1 is 1.06 bits per heavy atom. The number of benzene rings is 1. The maximum Gasteiger partial charge on any atom is 0.0948 e. The molecule has 0 aliphatic heterocycles. The molecule has 0 saturated heterocycles. The third kappa shape index (κ3) is 6.12. The predicted molar refractivity (Wildman–Crippen MR) is 71.5 cm³/mol. The first kappa shape index (κ1) is 15.1. The van der Waals surface area contributed by atoms with Crippen molar-refractivity contribution in [2.75, 3.05) is 40.1 Å². The van der Waals surface area contributed by atoms with Crippen LogP contribution in [0.1, 0.15) is 18.1 Å². The van der Waals surface area contributed by atoms with E-state index in [-0.39, 0.29) is 6.10 Å². The van der Waals surface area contributed by atoms with Gasteiger partial charge in [-0.15, -0.1) is 0 Å². The highest BCUT2D eigenvalue weighted by Crippen LogP contribution is 2.14. The van der Waals surface area contributed by atoms with Gasteiger partial charge in [0.15, 0.2) is 0 Å². The molecule has 18 heavy (non-hydrogen) atoms. The molecule has 1 aromatic carbocycles. The van der Waals surface area contributed by atoms with Gasteiger partial charge in [-0.25, -0.2) is 0 Å². The molecule has 4 nitrogen and oxygen atoms in total. The molecule has 0 aliphatic carbocycles. The van der Waals surface area contributed by atoms with Crippen LogP contribution in [0.25, 0.3) is 0 Å². The molecular weight excluding hydrogens is 230 g/mol. The van der Waals surface area contributed by atoms with Crippen molar-refractivity contribution in [3.63, 3.8) is 0 Å². The fourth-order valence-corrected chi connectivity index (χ4v) is 1.62. The van der Waals surface area contributed by atoms with Crippen molar-refractivity contribution in [1.29, 1.82) is 0 Å². The molecule has 0 fully saturated rings. The van der Waals surface area contributed by atoms with Gasteiger partial charge in [-0.1, -0.05) is 30.3 Å². The van der Waals surface area contributed by atoms with Crippen molar-refractivity contribution in [3.8, 4) is 0 Å². The molecular formula is C14H23NO3. The number of hydrogen-bond donors (Lipinski definition) is 1. The molecule has 0 radical (unpaired) electrons. The topological polar surface area (TPSA) is 53.7 Å². The van der Waals surface area contributed by atoms with Crippen molar-refractivity contribution in [2.45, 2.75) is 12.5 Å². The molecule has 102 valence electrons. The Labute approximate surface area is 109 Å². The fraction of sp³-hybridized carbons (Fsp3) is 0.571. The van der Waals surface area contributed by atoms with Crippen LogP contribution in [0.3, 0.4) is 0 Å². The van der Waals surface area contributed by atoms with Gasteiger partial charge in [0.25, 0.3) is 0 Å². The molecule has 0 bridgehead atoms. The minimum atomic E-state index is -0.0474. The molecule has 1 rings (SSSR count). The standard InChI is InChI=1S/C14H23NO3/c1-16-8-5-9-17-10-11-18-14(12-15)13-6-3-2-4-7-13/h2-4,6-7,14H,5,8-12,15H2,1H3. The van der Waals surface area contributed by atoms with E-state index in [9.17, 15) is 0 Å². The Balaban J connectivity index is 2.13. The Hall–Kier alpha value is -0.940. The summed E-state index contributed by atoms with van der Waals surface area (Å²) in [5.41, 5.74) is 6.81. The summed E-state index contributed by atoms with van der Waals surface area (Å²) >= 11 is 0. The summed E-state index contributed by atoms with van der Waals surface area (Å²) in [4.78, 5) is 0. The average molecular weight is 253 g/mol. The van der Waals surface area contributed by atoms with E-state index in [0.29, 0.717) is 26.4 Å². The van der Waals surface area contributed by atoms with Crippen LogP contribution in [-0.4, -0.2) is 40.1 Å². The van der Waals surface area contributed by atoms with E-state index < -0.39 is 0 Å². The molecule has 2 N–H and O–H groups in total. The van der Waals surface area contributed by atoms with Gasteiger partial charge in [0.1, 0.15) is 0 Å². The first-order valence-electron chi connectivity index (χ1n) is 6.31. The largest absolute Gasteiger partial charge is 0.385 e. The second kappa shape index (κ2) is 10.0. The van der Waals surface area contributed by atoms with E-state index in [2.05, 4.69) is 0 Å². The number of ether oxygens (including phenoxy) is 3. The summed E-state index contributed by atoms with van der Waals surface area (Å²) in [7, 11) is 1.69. The van der Waals surface area contributed by atoms with Gasteiger partial charge in [0.2, 0.25) is 0 Å². The van der Waals surface area contributed by atoms with Crippen LogP contribution in [0.15, 0.2) is 30.3 Å². The summed E-state index contributed by atoms with van der Waals surface area (Å²) in [6, 6.07) is 10.0. The van der Waals surface area contributed by atoms with E-state index in [1.54, 1.807) is 7.11 Å². The second-order valence-electron chi connectivity index (χ2n) is 3.96. The molecule has 1 unspecified atom stereocenters. The lowest BCUT2D eigenvalue weighted by Crippen LogP contribution is -2.18. The maximum atomic E-state index is 5.70. The molecule has 0 spiro atoms. The van der Waals surface area contributed by atoms with E-state index in [1.165, 1.54) is 0 Å². The number of rotatable bonds is 10. The first-order valence-corrected chi connectivity index (χ1v) is 6.31. The van der Waals surface area contributed by atoms with Gasteiger partial charge < -0.3 is 19.9 Å². The number of nitrogens with two attached hydrogens (primary N) is 1. The molecule has 1 aromatic rings. The zero-order chi connectivity index (χ0) is 13.1. The summed E-state index contributed by atoms with van der Waals surface area (Å²) in [6.45, 7) is 3.07. The zero-order valence-corrected chi connectivity index (χ0v) is 11.0. The highest BCUT2D eigenvalue weighted by Gasteiger charge is 2.08. The van der Waals surface area contributed by atoms with Crippen LogP contribution in [0.4, 0.5) is 0 Å². The van der Waals surface area contributed by atoms with Gasteiger partial charge in [-0.2, -0.15) is 0 Å². The smallest absolute Gasteiger partial charge is 0.0948 e. The summed E-state index contributed by atoms with van der Waals surface area (Å²) in [6.07, 6.45) is 0.865. The van der Waals surface area contributed by atoms with E-state index >= 15 is 0 Å². The Kier molecular flexibility index (Phi) is 8.42. The van der Waals surface area contributed by atoms with Crippen molar-refractivity contribution >= 4 is 0 Å². The van der Waals surface area contributed by atoms with Crippen molar-refractivity contribution < 1.29 is 14.2 Å². The maximum absolute atomic E-state index is 5.70. The third-order valence-electron chi connectivity index (χ3n) is 2.57. The summed E-state index contributed by atoms with van der Waals surface area (Å²) in [5, 5.41) is 0. The van der Waals surface area contributed by atoms with Gasteiger partial charge in [-0.05, 0) is 12.0 Å². The van der Waals surface area contributed by atoms with Gasteiger partial charge in [0.05, 0.1) is 19.3 Å². The lowest BCUT2D eigenvalue weighted by Gasteiger charge is -2.16. The molecule has 0 aliphatic rings. The molecule has 4 heteroatoms. The van der Waals surface area contributed by atoms with Gasteiger partial charge in [-0.3, -0.25) is 0 Å². The Morgan fingerprint density at radius 2 is 1.83 bits per heavy atom. The second-order valence-corrected chi connectivity index (χ2v) is 3.96. The predicted octanol–water partition coefficient (Wildman–Crippen LogP) is 1.76. The van der Waals surface area contributed by atoms with Gasteiger partial charge >= 0.3 is 0 Å². The molecule has 0 saturated carbocycles. The van der Waals surface area contributed by atoms with Crippen LogP contribution in [0, 0.1) is 0 Å². The van der Waals surface area contributed by atoms with Crippen LogP contribution >= 0.6 is 0 Å². The number of methoxy groups -OCH3 is 1. The third-order valence-corrected chi connectivity index (χ3v) is 2.57. The van der Waals surface area contributed by atoms with E-state index in [1.807, 2.05) is 30.3 Å². The van der Waals surface area contributed by atoms with Crippen molar-refractivity contribution in [2.24, 2.45) is 5.73 Å².